The largest absolute Gasteiger partial charge is 0.497 e. The molecular weight excluding hydrogens is 386 g/mol. The molecule has 1 fully saturated rings. The molecule has 4 rings (SSSR count). The highest BCUT2D eigenvalue weighted by Gasteiger charge is 2.29. The van der Waals surface area contributed by atoms with Crippen LogP contribution < -0.4 is 15.4 Å². The number of H-pyrrole nitrogens is 1. The van der Waals surface area contributed by atoms with Gasteiger partial charge in [-0.1, -0.05) is 37.3 Å². The Labute approximate surface area is 177 Å². The molecule has 1 aliphatic heterocycles. The van der Waals surface area contributed by atoms with Crippen molar-refractivity contribution in [1.82, 2.24) is 15.6 Å². The molecule has 1 aliphatic rings. The van der Waals surface area contributed by atoms with Gasteiger partial charge in [-0.3, -0.25) is 4.79 Å². The van der Waals surface area contributed by atoms with Gasteiger partial charge in [-0.15, -0.1) is 12.4 Å². The van der Waals surface area contributed by atoms with Gasteiger partial charge in [0, 0.05) is 35.5 Å². The van der Waals surface area contributed by atoms with Crippen LogP contribution in [0.3, 0.4) is 0 Å². The van der Waals surface area contributed by atoms with Crippen molar-refractivity contribution in [2.45, 2.75) is 12.8 Å². The number of rotatable bonds is 7. The summed E-state index contributed by atoms with van der Waals surface area (Å²) in [4.78, 5) is 16.0. The lowest BCUT2D eigenvalue weighted by Crippen LogP contribution is -2.50. The SMILES string of the molecule is COc1ccc(C(CNC(=O)C(C)C2CNC2)c2c[nH]c3ccccc23)cc1.Cl. The van der Waals surface area contributed by atoms with Crippen LogP contribution in [-0.2, 0) is 4.79 Å². The molecule has 0 spiro atoms. The van der Waals surface area contributed by atoms with Crippen LogP contribution in [0.4, 0.5) is 0 Å². The van der Waals surface area contributed by atoms with Gasteiger partial charge in [0.05, 0.1) is 7.11 Å². The lowest BCUT2D eigenvalue weighted by atomic mass is 9.87. The van der Waals surface area contributed by atoms with Crippen molar-refractivity contribution in [2.75, 3.05) is 26.7 Å². The van der Waals surface area contributed by atoms with Crippen LogP contribution in [0, 0.1) is 11.8 Å². The van der Waals surface area contributed by atoms with E-state index in [1.165, 1.54) is 10.9 Å². The highest BCUT2D eigenvalue weighted by molar-refractivity contribution is 5.85. The maximum Gasteiger partial charge on any atom is 0.223 e. The first-order valence-electron chi connectivity index (χ1n) is 9.85. The van der Waals surface area contributed by atoms with Crippen LogP contribution in [0.2, 0.25) is 0 Å². The summed E-state index contributed by atoms with van der Waals surface area (Å²) in [5.74, 6) is 1.49. The van der Waals surface area contributed by atoms with Crippen molar-refractivity contribution in [3.05, 3.63) is 65.9 Å². The number of halogens is 1. The van der Waals surface area contributed by atoms with Gasteiger partial charge in [-0.05, 0) is 48.3 Å². The van der Waals surface area contributed by atoms with E-state index >= 15 is 0 Å². The number of carbonyl (C=O) groups is 1. The lowest BCUT2D eigenvalue weighted by molar-refractivity contribution is -0.126. The standard InChI is InChI=1S/C23H27N3O2.ClH/c1-15(17-11-24-12-17)23(27)26-13-20(16-7-9-18(28-2)10-8-16)21-14-25-22-6-4-3-5-19(21)22;/h3-10,14-15,17,20,24-25H,11-13H2,1-2H3,(H,26,27);1H. The lowest BCUT2D eigenvalue weighted by Gasteiger charge is -2.32. The molecular formula is C23H28ClN3O2. The van der Waals surface area contributed by atoms with Crippen LogP contribution >= 0.6 is 12.4 Å². The Balaban J connectivity index is 0.00000240. The van der Waals surface area contributed by atoms with Gasteiger partial charge >= 0.3 is 0 Å². The zero-order valence-electron chi connectivity index (χ0n) is 16.8. The Hall–Kier alpha value is -2.50. The van der Waals surface area contributed by atoms with Crippen LogP contribution in [0.15, 0.2) is 54.7 Å². The summed E-state index contributed by atoms with van der Waals surface area (Å²) in [6.45, 7) is 4.45. The fourth-order valence-corrected chi connectivity index (χ4v) is 3.87. The first kappa shape index (κ1) is 21.2. The Morgan fingerprint density at radius 2 is 1.90 bits per heavy atom. The molecule has 2 atom stereocenters. The number of ether oxygens (including phenoxy) is 1. The molecule has 0 saturated carbocycles. The van der Waals surface area contributed by atoms with E-state index in [1.54, 1.807) is 7.11 Å². The second-order valence-electron chi connectivity index (χ2n) is 7.57. The maximum atomic E-state index is 12.7. The molecule has 1 aromatic heterocycles. The normalized spacial score (nSPS) is 15.8. The molecule has 5 nitrogen and oxygen atoms in total. The molecule has 0 aliphatic carbocycles. The van der Waals surface area contributed by atoms with Crippen LogP contribution in [0.1, 0.15) is 24.0 Å². The maximum absolute atomic E-state index is 12.7. The third-order valence-electron chi connectivity index (χ3n) is 5.93. The summed E-state index contributed by atoms with van der Waals surface area (Å²) in [6, 6.07) is 16.4. The Kier molecular flexibility index (Phi) is 6.83. The number of nitrogens with one attached hydrogen (secondary N) is 3. The number of aromatic amines is 1. The summed E-state index contributed by atoms with van der Waals surface area (Å²) in [5.41, 5.74) is 3.46. The number of methoxy groups -OCH3 is 1. The predicted molar refractivity (Wildman–Crippen MR) is 119 cm³/mol. The summed E-state index contributed by atoms with van der Waals surface area (Å²) < 4.78 is 5.30. The summed E-state index contributed by atoms with van der Waals surface area (Å²) in [6.07, 6.45) is 2.06. The quantitative estimate of drug-likeness (QED) is 0.553. The topological polar surface area (TPSA) is 66.2 Å². The fourth-order valence-electron chi connectivity index (χ4n) is 3.87. The van der Waals surface area contributed by atoms with E-state index in [0.717, 1.165) is 29.9 Å². The van der Waals surface area contributed by atoms with Crippen molar-refractivity contribution in [3.8, 4) is 5.75 Å². The van der Waals surface area contributed by atoms with E-state index in [9.17, 15) is 4.79 Å². The van der Waals surface area contributed by atoms with E-state index in [0.29, 0.717) is 12.5 Å². The number of fused-ring (bicyclic) bond motifs is 1. The van der Waals surface area contributed by atoms with Gasteiger partial charge in [0.2, 0.25) is 5.91 Å². The minimum atomic E-state index is 0. The average Bonchev–Trinajstić information content (AvgIpc) is 3.11. The Bertz CT molecular complexity index is 950. The van der Waals surface area contributed by atoms with Gasteiger partial charge in [0.25, 0.3) is 0 Å². The molecule has 1 saturated heterocycles. The van der Waals surface area contributed by atoms with Gasteiger partial charge < -0.3 is 20.4 Å². The van der Waals surface area contributed by atoms with E-state index in [2.05, 4.69) is 52.1 Å². The van der Waals surface area contributed by atoms with Crippen molar-refractivity contribution < 1.29 is 9.53 Å². The van der Waals surface area contributed by atoms with Crippen molar-refractivity contribution >= 4 is 29.2 Å². The highest BCUT2D eigenvalue weighted by Crippen LogP contribution is 2.31. The van der Waals surface area contributed by atoms with Crippen LogP contribution in [0.5, 0.6) is 5.75 Å². The molecule has 3 aromatic rings. The van der Waals surface area contributed by atoms with E-state index in [-0.39, 0.29) is 30.2 Å². The number of hydrogen-bond acceptors (Lipinski definition) is 3. The Morgan fingerprint density at radius 1 is 1.17 bits per heavy atom. The van der Waals surface area contributed by atoms with Crippen LogP contribution in [-0.4, -0.2) is 37.6 Å². The van der Waals surface area contributed by atoms with E-state index in [1.807, 2.05) is 25.1 Å². The summed E-state index contributed by atoms with van der Waals surface area (Å²) in [7, 11) is 1.67. The molecule has 2 heterocycles. The summed E-state index contributed by atoms with van der Waals surface area (Å²) >= 11 is 0. The number of hydrogen-bond donors (Lipinski definition) is 3. The molecule has 154 valence electrons. The van der Waals surface area contributed by atoms with E-state index < -0.39 is 0 Å². The molecule has 3 N–H and O–H groups in total. The monoisotopic (exact) mass is 413 g/mol. The number of amides is 1. The molecule has 2 aromatic carbocycles. The number of benzene rings is 2. The van der Waals surface area contributed by atoms with Gasteiger partial charge in [0.1, 0.15) is 5.75 Å². The smallest absolute Gasteiger partial charge is 0.223 e. The minimum absolute atomic E-state index is 0. The van der Waals surface area contributed by atoms with Gasteiger partial charge in [-0.2, -0.15) is 0 Å². The number of para-hydroxylation sites is 1. The molecule has 1 amide bonds. The zero-order chi connectivity index (χ0) is 19.5. The third-order valence-corrected chi connectivity index (χ3v) is 5.93. The van der Waals surface area contributed by atoms with Gasteiger partial charge in [-0.25, -0.2) is 0 Å². The predicted octanol–water partition coefficient (Wildman–Crippen LogP) is 3.70. The molecule has 0 bridgehead atoms. The second kappa shape index (κ2) is 9.33. The van der Waals surface area contributed by atoms with Crippen molar-refractivity contribution in [1.29, 1.82) is 0 Å². The van der Waals surface area contributed by atoms with Gasteiger partial charge in [0.15, 0.2) is 0 Å². The second-order valence-corrected chi connectivity index (χ2v) is 7.57. The first-order chi connectivity index (χ1) is 13.7. The molecule has 6 heteroatoms. The van der Waals surface area contributed by atoms with Crippen molar-refractivity contribution in [2.24, 2.45) is 11.8 Å². The molecule has 2 unspecified atom stereocenters. The van der Waals surface area contributed by atoms with Crippen LogP contribution in [0.25, 0.3) is 10.9 Å². The third kappa shape index (κ3) is 4.41. The zero-order valence-corrected chi connectivity index (χ0v) is 17.6. The summed E-state index contributed by atoms with van der Waals surface area (Å²) in [5, 5.41) is 7.63. The first-order valence-corrected chi connectivity index (χ1v) is 9.85. The number of carbonyl (C=O) groups excluding carboxylic acids is 1. The minimum Gasteiger partial charge on any atom is -0.497 e. The van der Waals surface area contributed by atoms with Crippen molar-refractivity contribution in [3.63, 3.8) is 0 Å². The average molecular weight is 414 g/mol. The van der Waals surface area contributed by atoms with E-state index in [4.69, 9.17) is 4.74 Å². The molecule has 0 radical (unpaired) electrons. The fraction of sp³-hybridized carbons (Fsp3) is 0.348. The molecule has 29 heavy (non-hydrogen) atoms. The Morgan fingerprint density at radius 3 is 2.55 bits per heavy atom. The highest BCUT2D eigenvalue weighted by atomic mass is 35.5. The number of aromatic nitrogens is 1.